The van der Waals surface area contributed by atoms with E-state index >= 15 is 0 Å². The molecule has 0 saturated carbocycles. The number of rotatable bonds is 5. The number of hydrogen-bond donors (Lipinski definition) is 2. The molecule has 2 N–H and O–H groups in total. The summed E-state index contributed by atoms with van der Waals surface area (Å²) in [6.07, 6.45) is 3.32. The molecule has 18 heavy (non-hydrogen) atoms. The van der Waals surface area contributed by atoms with E-state index in [2.05, 4.69) is 5.32 Å². The number of amides is 1. The van der Waals surface area contributed by atoms with Gasteiger partial charge < -0.3 is 15.3 Å². The number of halogens is 1. The summed E-state index contributed by atoms with van der Waals surface area (Å²) in [4.78, 5) is 13.5. The number of benzene rings is 1. The molecular weight excluding hydrogens is 252 g/mol. The monoisotopic (exact) mass is 270 g/mol. The van der Waals surface area contributed by atoms with Gasteiger partial charge in [-0.1, -0.05) is 18.2 Å². The van der Waals surface area contributed by atoms with Crippen LogP contribution in [0.25, 0.3) is 0 Å². The van der Waals surface area contributed by atoms with E-state index < -0.39 is 0 Å². The number of aliphatic hydroxyl groups excluding tert-OH is 1. The zero-order valence-electron chi connectivity index (χ0n) is 10.6. The Morgan fingerprint density at radius 3 is 2.44 bits per heavy atom. The molecule has 4 nitrogen and oxygen atoms in total. The SMILES string of the molecule is CN(C)C/C=C/C(=O)Nc1ccc(CO)cc1.Cl. The van der Waals surface area contributed by atoms with Crippen molar-refractivity contribution in [3.05, 3.63) is 42.0 Å². The van der Waals surface area contributed by atoms with Gasteiger partial charge in [-0.15, -0.1) is 12.4 Å². The maximum Gasteiger partial charge on any atom is 0.248 e. The van der Waals surface area contributed by atoms with Crippen LogP contribution in [0.3, 0.4) is 0 Å². The van der Waals surface area contributed by atoms with Crippen LogP contribution in [0.4, 0.5) is 5.69 Å². The Morgan fingerprint density at radius 1 is 1.33 bits per heavy atom. The van der Waals surface area contributed by atoms with Crippen LogP contribution in [0, 0.1) is 0 Å². The van der Waals surface area contributed by atoms with Crippen LogP contribution >= 0.6 is 12.4 Å². The molecule has 0 radical (unpaired) electrons. The van der Waals surface area contributed by atoms with Gasteiger partial charge in [0.05, 0.1) is 6.61 Å². The largest absolute Gasteiger partial charge is 0.392 e. The quantitative estimate of drug-likeness (QED) is 0.800. The summed E-state index contributed by atoms with van der Waals surface area (Å²) in [6, 6.07) is 7.09. The van der Waals surface area contributed by atoms with Crippen LogP contribution in [0.2, 0.25) is 0 Å². The molecule has 0 atom stereocenters. The summed E-state index contributed by atoms with van der Waals surface area (Å²) in [5.41, 5.74) is 1.55. The van der Waals surface area contributed by atoms with Crippen LogP contribution in [-0.2, 0) is 11.4 Å². The lowest BCUT2D eigenvalue weighted by Gasteiger charge is -2.05. The lowest BCUT2D eigenvalue weighted by Crippen LogP contribution is -2.12. The molecule has 5 heteroatoms. The number of carbonyl (C=O) groups is 1. The van der Waals surface area contributed by atoms with Gasteiger partial charge in [0.25, 0.3) is 0 Å². The van der Waals surface area contributed by atoms with Crippen molar-refractivity contribution in [3.63, 3.8) is 0 Å². The van der Waals surface area contributed by atoms with E-state index in [1.165, 1.54) is 6.08 Å². The summed E-state index contributed by atoms with van der Waals surface area (Å²) in [5, 5.41) is 11.6. The predicted octanol–water partition coefficient (Wildman–Crippen LogP) is 1.66. The fraction of sp³-hybridized carbons (Fsp3) is 0.308. The Balaban J connectivity index is 0.00000289. The third kappa shape index (κ3) is 6.39. The minimum atomic E-state index is -0.149. The second-order valence-corrected chi connectivity index (χ2v) is 4.01. The van der Waals surface area contributed by atoms with Gasteiger partial charge in [-0.2, -0.15) is 0 Å². The van der Waals surface area contributed by atoms with Crippen molar-refractivity contribution < 1.29 is 9.90 Å². The summed E-state index contributed by atoms with van der Waals surface area (Å²) < 4.78 is 0. The maximum absolute atomic E-state index is 11.5. The molecule has 0 aromatic heterocycles. The normalized spacial score (nSPS) is 10.4. The number of carbonyl (C=O) groups excluding carboxylic acids is 1. The summed E-state index contributed by atoms with van der Waals surface area (Å²) in [7, 11) is 3.88. The van der Waals surface area contributed by atoms with E-state index in [0.717, 1.165) is 17.8 Å². The maximum atomic E-state index is 11.5. The molecule has 0 aliphatic rings. The fourth-order valence-electron chi connectivity index (χ4n) is 1.25. The second kappa shape index (κ2) is 8.69. The van der Waals surface area contributed by atoms with Crippen molar-refractivity contribution >= 4 is 24.0 Å². The lowest BCUT2D eigenvalue weighted by molar-refractivity contribution is -0.111. The number of anilines is 1. The van der Waals surface area contributed by atoms with Crippen molar-refractivity contribution in [2.75, 3.05) is 26.0 Å². The van der Waals surface area contributed by atoms with Crippen LogP contribution in [0.5, 0.6) is 0 Å². The summed E-state index contributed by atoms with van der Waals surface area (Å²) in [6.45, 7) is 0.744. The highest BCUT2D eigenvalue weighted by Crippen LogP contribution is 2.09. The number of hydrogen-bond acceptors (Lipinski definition) is 3. The van der Waals surface area contributed by atoms with Gasteiger partial charge in [-0.25, -0.2) is 0 Å². The van der Waals surface area contributed by atoms with E-state index in [4.69, 9.17) is 5.11 Å². The molecule has 0 heterocycles. The van der Waals surface area contributed by atoms with E-state index in [1.54, 1.807) is 30.3 Å². The van der Waals surface area contributed by atoms with Gasteiger partial charge in [0.2, 0.25) is 5.91 Å². The smallest absolute Gasteiger partial charge is 0.248 e. The minimum absolute atomic E-state index is 0. The standard InChI is InChI=1S/C13H18N2O2.ClH/c1-15(2)9-3-4-13(17)14-12-7-5-11(10-16)6-8-12;/h3-8,16H,9-10H2,1-2H3,(H,14,17);1H/b4-3+;. The van der Waals surface area contributed by atoms with Crippen LogP contribution in [0.15, 0.2) is 36.4 Å². The zero-order valence-corrected chi connectivity index (χ0v) is 11.4. The van der Waals surface area contributed by atoms with Gasteiger partial charge in [-0.3, -0.25) is 4.79 Å². The number of nitrogens with zero attached hydrogens (tertiary/aromatic N) is 1. The number of likely N-dealkylation sites (N-methyl/N-ethyl adjacent to an activating group) is 1. The molecule has 0 bridgehead atoms. The third-order valence-corrected chi connectivity index (χ3v) is 2.14. The molecule has 0 saturated heterocycles. The van der Waals surface area contributed by atoms with E-state index in [1.807, 2.05) is 19.0 Å². The molecule has 1 amide bonds. The highest BCUT2D eigenvalue weighted by Gasteiger charge is 1.97. The first-order valence-corrected chi connectivity index (χ1v) is 5.44. The fourth-order valence-corrected chi connectivity index (χ4v) is 1.25. The van der Waals surface area contributed by atoms with Crippen molar-refractivity contribution in [1.29, 1.82) is 0 Å². The van der Waals surface area contributed by atoms with Crippen molar-refractivity contribution in [1.82, 2.24) is 4.90 Å². The van der Waals surface area contributed by atoms with E-state index in [0.29, 0.717) is 0 Å². The van der Waals surface area contributed by atoms with Gasteiger partial charge in [0.1, 0.15) is 0 Å². The van der Waals surface area contributed by atoms with Crippen molar-refractivity contribution in [2.45, 2.75) is 6.61 Å². The predicted molar refractivity (Wildman–Crippen MR) is 75.9 cm³/mol. The van der Waals surface area contributed by atoms with E-state index in [-0.39, 0.29) is 24.9 Å². The first-order valence-electron chi connectivity index (χ1n) is 5.44. The molecule has 1 aromatic carbocycles. The number of nitrogens with one attached hydrogen (secondary N) is 1. The van der Waals surface area contributed by atoms with Crippen LogP contribution < -0.4 is 5.32 Å². The Labute approximate surface area is 114 Å². The molecule has 0 spiro atoms. The van der Waals surface area contributed by atoms with Crippen LogP contribution in [-0.4, -0.2) is 36.6 Å². The van der Waals surface area contributed by atoms with Crippen molar-refractivity contribution in [2.24, 2.45) is 0 Å². The molecule has 0 aliphatic carbocycles. The Kier molecular flexibility index (Phi) is 8.03. The molecule has 1 rings (SSSR count). The first kappa shape index (κ1) is 16.6. The first-order chi connectivity index (χ1) is 8.11. The van der Waals surface area contributed by atoms with Crippen molar-refractivity contribution in [3.8, 4) is 0 Å². The van der Waals surface area contributed by atoms with Gasteiger partial charge >= 0.3 is 0 Å². The number of aliphatic hydroxyl groups is 1. The second-order valence-electron chi connectivity index (χ2n) is 4.01. The Hall–Kier alpha value is -1.36. The highest BCUT2D eigenvalue weighted by atomic mass is 35.5. The Morgan fingerprint density at radius 2 is 1.94 bits per heavy atom. The zero-order chi connectivity index (χ0) is 12.7. The van der Waals surface area contributed by atoms with Gasteiger partial charge in [0.15, 0.2) is 0 Å². The molecular formula is C13H19ClN2O2. The highest BCUT2D eigenvalue weighted by molar-refractivity contribution is 5.99. The topological polar surface area (TPSA) is 52.6 Å². The summed E-state index contributed by atoms with van der Waals surface area (Å²) >= 11 is 0. The van der Waals surface area contributed by atoms with Crippen LogP contribution in [0.1, 0.15) is 5.56 Å². The molecule has 0 unspecified atom stereocenters. The molecule has 0 aliphatic heterocycles. The molecule has 100 valence electrons. The molecule has 0 fully saturated rings. The average molecular weight is 271 g/mol. The molecule has 1 aromatic rings. The minimum Gasteiger partial charge on any atom is -0.392 e. The van der Waals surface area contributed by atoms with Gasteiger partial charge in [-0.05, 0) is 31.8 Å². The lowest BCUT2D eigenvalue weighted by atomic mass is 10.2. The van der Waals surface area contributed by atoms with E-state index in [9.17, 15) is 4.79 Å². The summed E-state index contributed by atoms with van der Waals surface area (Å²) in [5.74, 6) is -0.149. The average Bonchev–Trinajstić information content (AvgIpc) is 2.29. The third-order valence-electron chi connectivity index (χ3n) is 2.14. The Bertz CT molecular complexity index is 388. The van der Waals surface area contributed by atoms with Gasteiger partial charge in [0, 0.05) is 18.3 Å².